The minimum Gasteiger partial charge on any atom is -0.385 e. The van der Waals surface area contributed by atoms with Crippen molar-refractivity contribution in [3.8, 4) is 0 Å². The van der Waals surface area contributed by atoms with Crippen molar-refractivity contribution in [3.63, 3.8) is 0 Å². The van der Waals surface area contributed by atoms with Crippen LogP contribution in [0.3, 0.4) is 0 Å². The molecule has 1 aliphatic rings. The summed E-state index contributed by atoms with van der Waals surface area (Å²) in [7, 11) is 1.60. The number of hydrogen-bond acceptors (Lipinski definition) is 6. The fourth-order valence-electron chi connectivity index (χ4n) is 3.95. The number of nitrogens with one attached hydrogen (secondary N) is 2. The van der Waals surface area contributed by atoms with Gasteiger partial charge in [0.1, 0.15) is 16.8 Å². The number of amides is 1. The van der Waals surface area contributed by atoms with Gasteiger partial charge in [0.05, 0.1) is 23.6 Å². The lowest BCUT2D eigenvalue weighted by Crippen LogP contribution is -2.37. The lowest BCUT2D eigenvalue weighted by atomic mass is 10.1. The molecule has 1 aliphatic heterocycles. The largest absolute Gasteiger partial charge is 0.385 e. The minimum absolute atomic E-state index is 0.0251. The first-order chi connectivity index (χ1) is 15.0. The number of fused-ring (bicyclic) bond motifs is 2. The Morgan fingerprint density at radius 1 is 1.42 bits per heavy atom. The zero-order valence-electron chi connectivity index (χ0n) is 17.8. The van der Waals surface area contributed by atoms with Gasteiger partial charge in [-0.25, -0.2) is 4.98 Å². The molecule has 2 N–H and O–H groups in total. The second kappa shape index (κ2) is 8.99. The van der Waals surface area contributed by atoms with Crippen molar-refractivity contribution in [3.05, 3.63) is 51.4 Å². The number of nitrogens with zero attached hydrogens (tertiary/aromatic N) is 3. The van der Waals surface area contributed by atoms with Crippen LogP contribution in [0.25, 0.3) is 16.7 Å². The molecule has 1 amide bonds. The monoisotopic (exact) mass is 425 g/mol. The molecule has 164 valence electrons. The zero-order valence-corrected chi connectivity index (χ0v) is 17.8. The summed E-state index contributed by atoms with van der Waals surface area (Å²) in [6.45, 7) is 3.88. The van der Waals surface area contributed by atoms with E-state index in [0.29, 0.717) is 49.4 Å². The van der Waals surface area contributed by atoms with Gasteiger partial charge >= 0.3 is 0 Å². The number of hydrogen-bond donors (Lipinski definition) is 2. The van der Waals surface area contributed by atoms with Gasteiger partial charge in [-0.15, -0.1) is 0 Å². The number of rotatable bonds is 7. The molecule has 0 radical (unpaired) electrons. The van der Waals surface area contributed by atoms with Gasteiger partial charge in [-0.3, -0.25) is 19.4 Å². The predicted octanol–water partition coefficient (Wildman–Crippen LogP) is 1.38. The van der Waals surface area contributed by atoms with E-state index in [-0.39, 0.29) is 22.7 Å². The molecule has 0 unspecified atom stereocenters. The van der Waals surface area contributed by atoms with Crippen LogP contribution in [0.15, 0.2) is 29.2 Å². The second-order valence-corrected chi connectivity index (χ2v) is 7.79. The fourth-order valence-corrected chi connectivity index (χ4v) is 3.95. The molecule has 9 heteroatoms. The highest BCUT2D eigenvalue weighted by Gasteiger charge is 2.22. The summed E-state index contributed by atoms with van der Waals surface area (Å²) in [5.74, 6) is -0.391. The number of carbonyl (C=O) groups is 1. The van der Waals surface area contributed by atoms with E-state index >= 15 is 0 Å². The van der Waals surface area contributed by atoms with Crippen molar-refractivity contribution in [1.82, 2.24) is 19.3 Å². The maximum Gasteiger partial charge on any atom is 0.267 e. The molecule has 3 aromatic heterocycles. The molecule has 31 heavy (non-hydrogen) atoms. The van der Waals surface area contributed by atoms with Crippen LogP contribution in [0.5, 0.6) is 0 Å². The topological polar surface area (TPSA) is 111 Å². The highest BCUT2D eigenvalue weighted by atomic mass is 16.5. The minimum atomic E-state index is -0.391. The molecule has 0 bridgehead atoms. The SMILES string of the molecule is COCCCNC(=O)c1cc2c(=O)n3cccc(C)c3nc2n(C[C@H]2CCCO2)c1=N. The Bertz CT molecular complexity index is 1240. The van der Waals surface area contributed by atoms with Crippen molar-refractivity contribution in [2.24, 2.45) is 0 Å². The lowest BCUT2D eigenvalue weighted by Gasteiger charge is -2.18. The van der Waals surface area contributed by atoms with Crippen LogP contribution >= 0.6 is 0 Å². The fraction of sp³-hybridized carbons (Fsp3) is 0.455. The third-order valence-electron chi connectivity index (χ3n) is 5.60. The van der Waals surface area contributed by atoms with Crippen LogP contribution in [-0.4, -0.2) is 52.8 Å². The van der Waals surface area contributed by atoms with Crippen LogP contribution in [0, 0.1) is 12.3 Å². The first kappa shape index (κ1) is 21.2. The summed E-state index contributed by atoms with van der Waals surface area (Å²) in [6, 6.07) is 5.17. The quantitative estimate of drug-likeness (QED) is 0.439. The summed E-state index contributed by atoms with van der Waals surface area (Å²) in [6.07, 6.45) is 4.07. The maximum atomic E-state index is 13.3. The highest BCUT2D eigenvalue weighted by molar-refractivity contribution is 5.96. The molecule has 0 aromatic carbocycles. The number of aryl methyl sites for hydroxylation is 1. The van der Waals surface area contributed by atoms with Crippen molar-refractivity contribution in [2.45, 2.75) is 38.8 Å². The van der Waals surface area contributed by atoms with Gasteiger partial charge in [0, 0.05) is 33.1 Å². The van der Waals surface area contributed by atoms with E-state index in [1.165, 1.54) is 10.5 Å². The van der Waals surface area contributed by atoms with Gasteiger partial charge in [-0.2, -0.15) is 0 Å². The van der Waals surface area contributed by atoms with Crippen molar-refractivity contribution in [1.29, 1.82) is 5.41 Å². The molecule has 9 nitrogen and oxygen atoms in total. The molecule has 0 saturated carbocycles. The number of carbonyl (C=O) groups excluding carboxylic acids is 1. The van der Waals surface area contributed by atoms with E-state index in [2.05, 4.69) is 5.32 Å². The first-order valence-electron chi connectivity index (χ1n) is 10.5. The van der Waals surface area contributed by atoms with Crippen LogP contribution in [0.4, 0.5) is 0 Å². The lowest BCUT2D eigenvalue weighted by molar-refractivity contribution is 0.0929. The van der Waals surface area contributed by atoms with Gasteiger partial charge in [0.2, 0.25) is 0 Å². The molecule has 1 atom stereocenters. The van der Waals surface area contributed by atoms with E-state index < -0.39 is 5.91 Å². The average Bonchev–Trinajstić information content (AvgIpc) is 3.27. The predicted molar refractivity (Wildman–Crippen MR) is 115 cm³/mol. The molecule has 0 aliphatic carbocycles. The maximum absolute atomic E-state index is 13.3. The van der Waals surface area contributed by atoms with Crippen LogP contribution < -0.4 is 16.4 Å². The van der Waals surface area contributed by atoms with Gasteiger partial charge in [-0.1, -0.05) is 6.07 Å². The molecule has 1 fully saturated rings. The Morgan fingerprint density at radius 2 is 2.26 bits per heavy atom. The van der Waals surface area contributed by atoms with Gasteiger partial charge in [0.15, 0.2) is 0 Å². The smallest absolute Gasteiger partial charge is 0.267 e. The number of ether oxygens (including phenoxy) is 2. The van der Waals surface area contributed by atoms with E-state index in [0.717, 1.165) is 18.4 Å². The molecule has 1 saturated heterocycles. The summed E-state index contributed by atoms with van der Waals surface area (Å²) in [5, 5.41) is 11.9. The standard InChI is InChI=1S/C22H27N5O4/c1-14-6-3-9-26-19(14)25-20-17(22(26)29)12-16(21(28)24-8-5-10-30-2)18(23)27(20)13-15-7-4-11-31-15/h3,6,9,12,15,23H,4-5,7-8,10-11,13H2,1-2H3,(H,24,28)/t15-/m1/s1. The van der Waals surface area contributed by atoms with Gasteiger partial charge in [0.25, 0.3) is 11.5 Å². The van der Waals surface area contributed by atoms with Crippen LogP contribution in [0.1, 0.15) is 35.2 Å². The molecule has 4 heterocycles. The number of pyridine rings is 2. The summed E-state index contributed by atoms with van der Waals surface area (Å²) >= 11 is 0. The van der Waals surface area contributed by atoms with E-state index in [4.69, 9.17) is 19.9 Å². The van der Waals surface area contributed by atoms with Crippen molar-refractivity contribution < 1.29 is 14.3 Å². The molecular formula is C22H27N5O4. The highest BCUT2D eigenvalue weighted by Crippen LogP contribution is 2.17. The van der Waals surface area contributed by atoms with Gasteiger partial charge in [-0.05, 0) is 43.9 Å². The Labute approximate surface area is 179 Å². The van der Waals surface area contributed by atoms with Crippen LogP contribution in [-0.2, 0) is 16.0 Å². The third-order valence-corrected chi connectivity index (χ3v) is 5.60. The molecular weight excluding hydrogens is 398 g/mol. The molecule has 3 aromatic rings. The summed E-state index contributed by atoms with van der Waals surface area (Å²) in [5.41, 5.74) is 1.70. The van der Waals surface area contributed by atoms with Crippen LogP contribution in [0.2, 0.25) is 0 Å². The first-order valence-corrected chi connectivity index (χ1v) is 10.5. The second-order valence-electron chi connectivity index (χ2n) is 7.79. The summed E-state index contributed by atoms with van der Waals surface area (Å²) in [4.78, 5) is 30.9. The van der Waals surface area contributed by atoms with E-state index in [9.17, 15) is 9.59 Å². The Kier molecular flexibility index (Phi) is 6.15. The van der Waals surface area contributed by atoms with Crippen molar-refractivity contribution in [2.75, 3.05) is 26.9 Å². The molecule has 0 spiro atoms. The normalized spacial score (nSPS) is 16.3. The number of aromatic nitrogens is 3. The summed E-state index contributed by atoms with van der Waals surface area (Å²) < 4.78 is 13.9. The van der Waals surface area contributed by atoms with Gasteiger partial charge < -0.3 is 19.4 Å². The zero-order chi connectivity index (χ0) is 22.0. The Hall–Kier alpha value is -3.04. The van der Waals surface area contributed by atoms with E-state index in [1.807, 2.05) is 13.0 Å². The third kappa shape index (κ3) is 4.11. The average molecular weight is 425 g/mol. The Morgan fingerprint density at radius 3 is 3.00 bits per heavy atom. The molecule has 4 rings (SSSR count). The van der Waals surface area contributed by atoms with Crippen molar-refractivity contribution >= 4 is 22.6 Å². The Balaban J connectivity index is 1.88. The van der Waals surface area contributed by atoms with E-state index in [1.54, 1.807) is 23.9 Å². The number of methoxy groups -OCH3 is 1.